The lowest BCUT2D eigenvalue weighted by Gasteiger charge is -2.28. The maximum absolute atomic E-state index is 1.62. The molecule has 0 radical (unpaired) electrons. The first-order valence-electron chi connectivity index (χ1n) is 3.97. The van der Waals surface area contributed by atoms with Crippen molar-refractivity contribution in [1.82, 2.24) is 0 Å². The Balaban J connectivity index is 1.92. The average Bonchev–Trinajstić information content (AvgIpc) is 2.34. The Kier molecular flexibility index (Phi) is 0.482. The van der Waals surface area contributed by atoms with Gasteiger partial charge in [0.1, 0.15) is 0 Å². The largest absolute Gasteiger partial charge is 0.0527 e. The van der Waals surface area contributed by atoms with Gasteiger partial charge in [0.25, 0.3) is 0 Å². The van der Waals surface area contributed by atoms with Crippen LogP contribution in [0.15, 0.2) is 0 Å². The van der Waals surface area contributed by atoms with Gasteiger partial charge in [-0.25, -0.2) is 0 Å². The zero-order valence-corrected chi connectivity index (χ0v) is 5.14. The summed E-state index contributed by atoms with van der Waals surface area (Å²) in [5.41, 5.74) is 0. The Morgan fingerprint density at radius 2 is 1.38 bits per heavy atom. The van der Waals surface area contributed by atoms with E-state index in [1.165, 1.54) is 23.7 Å². The highest BCUT2D eigenvalue weighted by atomic mass is 14.7. The SMILES string of the molecule is C1CC2C(C1)C1CC21. The molecule has 4 atom stereocenters. The first-order valence-corrected chi connectivity index (χ1v) is 3.97. The molecule has 0 nitrogen and oxygen atoms in total. The molecule has 0 aromatic rings. The van der Waals surface area contributed by atoms with Crippen molar-refractivity contribution in [2.45, 2.75) is 25.7 Å². The fraction of sp³-hybridized carbons (Fsp3) is 1.00. The highest BCUT2D eigenvalue weighted by Crippen LogP contribution is 2.69. The van der Waals surface area contributed by atoms with Crippen molar-refractivity contribution in [3.05, 3.63) is 0 Å². The molecule has 3 rings (SSSR count). The van der Waals surface area contributed by atoms with E-state index in [1.54, 1.807) is 25.7 Å². The Morgan fingerprint density at radius 1 is 0.750 bits per heavy atom. The lowest BCUT2D eigenvalue weighted by Crippen LogP contribution is -2.23. The van der Waals surface area contributed by atoms with Crippen LogP contribution in [-0.2, 0) is 0 Å². The van der Waals surface area contributed by atoms with Crippen molar-refractivity contribution in [2.24, 2.45) is 23.7 Å². The summed E-state index contributed by atoms with van der Waals surface area (Å²) in [6.07, 6.45) is 6.36. The quantitative estimate of drug-likeness (QED) is 0.445. The van der Waals surface area contributed by atoms with Crippen LogP contribution in [0.2, 0.25) is 0 Å². The van der Waals surface area contributed by atoms with Crippen LogP contribution in [0.5, 0.6) is 0 Å². The van der Waals surface area contributed by atoms with E-state index in [9.17, 15) is 0 Å². The summed E-state index contributed by atoms with van der Waals surface area (Å²) in [7, 11) is 0. The van der Waals surface area contributed by atoms with E-state index in [-0.39, 0.29) is 0 Å². The summed E-state index contributed by atoms with van der Waals surface area (Å²) < 4.78 is 0. The molecule has 0 aliphatic heterocycles. The predicted molar refractivity (Wildman–Crippen MR) is 32.4 cm³/mol. The van der Waals surface area contributed by atoms with Gasteiger partial charge in [-0.05, 0) is 42.9 Å². The zero-order valence-electron chi connectivity index (χ0n) is 5.14. The van der Waals surface area contributed by atoms with Gasteiger partial charge in [0.05, 0.1) is 0 Å². The van der Waals surface area contributed by atoms with E-state index in [2.05, 4.69) is 0 Å². The summed E-state index contributed by atoms with van der Waals surface area (Å²) >= 11 is 0. The third-order valence-corrected chi connectivity index (χ3v) is 3.62. The van der Waals surface area contributed by atoms with Crippen molar-refractivity contribution in [3.63, 3.8) is 0 Å². The third-order valence-electron chi connectivity index (χ3n) is 3.62. The Labute approximate surface area is 50.3 Å². The number of hydrogen-bond donors (Lipinski definition) is 0. The molecule has 3 fully saturated rings. The topological polar surface area (TPSA) is 0 Å². The fourth-order valence-electron chi connectivity index (χ4n) is 3.16. The molecule has 0 aromatic heterocycles. The molecule has 0 heterocycles. The van der Waals surface area contributed by atoms with Crippen LogP contribution in [-0.4, -0.2) is 0 Å². The van der Waals surface area contributed by atoms with Gasteiger partial charge in [-0.2, -0.15) is 0 Å². The lowest BCUT2D eigenvalue weighted by atomic mass is 9.77. The van der Waals surface area contributed by atoms with E-state index in [1.807, 2.05) is 0 Å². The van der Waals surface area contributed by atoms with Gasteiger partial charge in [-0.1, -0.05) is 6.42 Å². The predicted octanol–water partition coefficient (Wildman–Crippen LogP) is 2.05. The van der Waals surface area contributed by atoms with Crippen molar-refractivity contribution in [2.75, 3.05) is 0 Å². The molecule has 3 aliphatic carbocycles. The molecule has 0 bridgehead atoms. The third kappa shape index (κ3) is 0.260. The van der Waals surface area contributed by atoms with Crippen LogP contribution in [0.1, 0.15) is 25.7 Å². The minimum Gasteiger partial charge on any atom is -0.0527 e. The summed E-state index contributed by atoms with van der Waals surface area (Å²) in [5, 5.41) is 0. The van der Waals surface area contributed by atoms with E-state index in [4.69, 9.17) is 0 Å². The lowest BCUT2D eigenvalue weighted by molar-refractivity contribution is 0.195. The van der Waals surface area contributed by atoms with E-state index >= 15 is 0 Å². The fourth-order valence-corrected chi connectivity index (χ4v) is 3.16. The molecule has 8 heavy (non-hydrogen) atoms. The molecule has 3 saturated carbocycles. The molecular weight excluding hydrogens is 96.1 g/mol. The smallest absolute Gasteiger partial charge is 0.0349 e. The molecule has 4 unspecified atom stereocenters. The van der Waals surface area contributed by atoms with Crippen LogP contribution in [0.4, 0.5) is 0 Å². The minimum absolute atomic E-state index is 1.24. The zero-order chi connectivity index (χ0) is 5.14. The van der Waals surface area contributed by atoms with E-state index in [0.717, 1.165) is 0 Å². The molecule has 44 valence electrons. The van der Waals surface area contributed by atoms with E-state index in [0.29, 0.717) is 0 Å². The Bertz CT molecular complexity index is 114. The first kappa shape index (κ1) is 3.92. The van der Waals surface area contributed by atoms with Crippen LogP contribution >= 0.6 is 0 Å². The van der Waals surface area contributed by atoms with Crippen molar-refractivity contribution < 1.29 is 0 Å². The second kappa shape index (κ2) is 0.984. The monoisotopic (exact) mass is 108 g/mol. The van der Waals surface area contributed by atoms with E-state index < -0.39 is 0 Å². The van der Waals surface area contributed by atoms with Crippen LogP contribution in [0, 0.1) is 23.7 Å². The minimum atomic E-state index is 1.24. The highest BCUT2D eigenvalue weighted by Gasteiger charge is 2.61. The summed E-state index contributed by atoms with van der Waals surface area (Å²) in [5.74, 6) is 4.98. The van der Waals surface area contributed by atoms with Gasteiger partial charge in [0, 0.05) is 0 Å². The Hall–Kier alpha value is 0. The number of rotatable bonds is 0. The van der Waals surface area contributed by atoms with Gasteiger partial charge >= 0.3 is 0 Å². The summed E-state index contributed by atoms with van der Waals surface area (Å²) in [6.45, 7) is 0. The van der Waals surface area contributed by atoms with Gasteiger partial charge in [0.15, 0.2) is 0 Å². The van der Waals surface area contributed by atoms with Gasteiger partial charge < -0.3 is 0 Å². The molecule has 0 N–H and O–H groups in total. The number of hydrogen-bond acceptors (Lipinski definition) is 0. The molecule has 3 aliphatic rings. The molecule has 0 saturated heterocycles. The van der Waals surface area contributed by atoms with Gasteiger partial charge in [-0.3, -0.25) is 0 Å². The van der Waals surface area contributed by atoms with Crippen molar-refractivity contribution in [1.29, 1.82) is 0 Å². The Morgan fingerprint density at radius 3 is 2.00 bits per heavy atom. The first-order chi connectivity index (χ1) is 3.97. The highest BCUT2D eigenvalue weighted by molar-refractivity contribution is 5.10. The van der Waals surface area contributed by atoms with Crippen LogP contribution < -0.4 is 0 Å². The maximum Gasteiger partial charge on any atom is -0.0349 e. The second-order valence-electron chi connectivity index (χ2n) is 3.82. The average molecular weight is 108 g/mol. The molecule has 0 heteroatoms. The summed E-state index contributed by atoms with van der Waals surface area (Å²) in [4.78, 5) is 0. The van der Waals surface area contributed by atoms with Crippen LogP contribution in [0.25, 0.3) is 0 Å². The summed E-state index contributed by atoms with van der Waals surface area (Å²) in [6, 6.07) is 0. The molecule has 0 aromatic carbocycles. The standard InChI is InChI=1S/C8H12/c1-2-5-6(3-1)8-4-7(5)8/h5-8H,1-4H2. The van der Waals surface area contributed by atoms with Gasteiger partial charge in [-0.15, -0.1) is 0 Å². The molecule has 0 spiro atoms. The molecule has 0 amide bonds. The second-order valence-corrected chi connectivity index (χ2v) is 3.82. The van der Waals surface area contributed by atoms with Crippen molar-refractivity contribution in [3.8, 4) is 0 Å². The van der Waals surface area contributed by atoms with Crippen LogP contribution in [0.3, 0.4) is 0 Å². The van der Waals surface area contributed by atoms with Crippen molar-refractivity contribution >= 4 is 0 Å². The normalized spacial score (nSPS) is 66.0. The molecular formula is C8H12. The maximum atomic E-state index is 1.62. The number of fused-ring (bicyclic) bond motifs is 4. The van der Waals surface area contributed by atoms with Gasteiger partial charge in [0.2, 0.25) is 0 Å².